The van der Waals surface area contributed by atoms with E-state index in [9.17, 15) is 10.1 Å². The van der Waals surface area contributed by atoms with Gasteiger partial charge in [0.05, 0.1) is 17.9 Å². The molecule has 0 N–H and O–H groups in total. The number of carbonyl (C=O) groups excluding carboxylic acids is 1. The van der Waals surface area contributed by atoms with Crippen LogP contribution in [0.25, 0.3) is 21.5 Å². The van der Waals surface area contributed by atoms with Crippen molar-refractivity contribution in [1.82, 2.24) is 9.55 Å². The molecule has 0 spiro atoms. The summed E-state index contributed by atoms with van der Waals surface area (Å²) in [7, 11) is 0. The third kappa shape index (κ3) is 3.00. The van der Waals surface area contributed by atoms with Crippen molar-refractivity contribution >= 4 is 28.2 Å². The minimum Gasteiger partial charge on any atom is -0.462 e. The molecule has 1 aromatic carbocycles. The molecule has 2 aromatic heterocycles. The molecule has 0 amide bonds. The predicted octanol–water partition coefficient (Wildman–Crippen LogP) is 5.55. The van der Waals surface area contributed by atoms with E-state index in [1.807, 2.05) is 26.0 Å². The number of carbonyl (C=O) groups is 1. The Bertz CT molecular complexity index is 1100. The van der Waals surface area contributed by atoms with Gasteiger partial charge in [-0.1, -0.05) is 12.8 Å². The molecule has 2 heterocycles. The standard InChI is InChI=1S/C22H23N3O2S/c1-4-27-22(26)20-13(2)24-21(28-20)15-9-10-19-17(11-15)18(12-23)14(3)25(19)16-7-5-6-8-16/h9-11,16H,4-8H2,1-3H3. The maximum Gasteiger partial charge on any atom is 0.350 e. The summed E-state index contributed by atoms with van der Waals surface area (Å²) in [4.78, 5) is 17.2. The molecule has 0 saturated heterocycles. The van der Waals surface area contributed by atoms with Gasteiger partial charge in [-0.05, 0) is 51.8 Å². The smallest absolute Gasteiger partial charge is 0.350 e. The van der Waals surface area contributed by atoms with Gasteiger partial charge in [0.1, 0.15) is 16.0 Å². The number of hydrogen-bond donors (Lipinski definition) is 0. The van der Waals surface area contributed by atoms with Crippen molar-refractivity contribution < 1.29 is 9.53 Å². The number of nitriles is 1. The summed E-state index contributed by atoms with van der Waals surface area (Å²) in [5.74, 6) is -0.328. The van der Waals surface area contributed by atoms with Crippen molar-refractivity contribution in [3.05, 3.63) is 40.0 Å². The molecular formula is C22H23N3O2S. The summed E-state index contributed by atoms with van der Waals surface area (Å²) in [6, 6.07) is 9.06. The molecule has 144 valence electrons. The molecule has 1 aliphatic carbocycles. The van der Waals surface area contributed by atoms with Crippen LogP contribution in [-0.4, -0.2) is 22.1 Å². The van der Waals surface area contributed by atoms with Gasteiger partial charge in [0.2, 0.25) is 0 Å². The highest BCUT2D eigenvalue weighted by atomic mass is 32.1. The zero-order valence-corrected chi connectivity index (χ0v) is 17.2. The van der Waals surface area contributed by atoms with Gasteiger partial charge in [-0.25, -0.2) is 9.78 Å². The maximum absolute atomic E-state index is 12.1. The molecule has 28 heavy (non-hydrogen) atoms. The molecule has 1 aliphatic rings. The largest absolute Gasteiger partial charge is 0.462 e. The second-order valence-corrected chi connectivity index (χ2v) is 8.27. The zero-order valence-electron chi connectivity index (χ0n) is 16.4. The second kappa shape index (κ2) is 7.40. The normalized spacial score (nSPS) is 14.5. The Labute approximate surface area is 168 Å². The Balaban J connectivity index is 1.82. The summed E-state index contributed by atoms with van der Waals surface area (Å²) in [6.07, 6.45) is 4.84. The van der Waals surface area contributed by atoms with Crippen molar-refractivity contribution in [3.63, 3.8) is 0 Å². The minimum absolute atomic E-state index is 0.328. The molecule has 0 radical (unpaired) electrons. The van der Waals surface area contributed by atoms with Crippen LogP contribution in [0.15, 0.2) is 18.2 Å². The molecule has 0 bridgehead atoms. The maximum atomic E-state index is 12.1. The fraction of sp³-hybridized carbons (Fsp3) is 0.409. The number of benzene rings is 1. The van der Waals surface area contributed by atoms with E-state index < -0.39 is 0 Å². The highest BCUT2D eigenvalue weighted by molar-refractivity contribution is 7.17. The summed E-state index contributed by atoms with van der Waals surface area (Å²) in [6.45, 7) is 6.01. The molecule has 3 aromatic rings. The molecule has 1 fully saturated rings. The average Bonchev–Trinajstić information content (AvgIpc) is 3.38. The molecule has 0 atom stereocenters. The van der Waals surface area contributed by atoms with E-state index in [1.165, 1.54) is 37.0 Å². The molecule has 6 heteroatoms. The van der Waals surface area contributed by atoms with E-state index in [0.29, 0.717) is 23.2 Å². The van der Waals surface area contributed by atoms with Gasteiger partial charge < -0.3 is 9.30 Å². The quantitative estimate of drug-likeness (QED) is 0.545. The third-order valence-electron chi connectivity index (χ3n) is 5.55. The van der Waals surface area contributed by atoms with E-state index in [1.54, 1.807) is 6.92 Å². The third-order valence-corrected chi connectivity index (χ3v) is 6.74. The van der Waals surface area contributed by atoms with E-state index in [-0.39, 0.29) is 5.97 Å². The Morgan fingerprint density at radius 3 is 2.79 bits per heavy atom. The molecule has 0 unspecified atom stereocenters. The topological polar surface area (TPSA) is 67.9 Å². The fourth-order valence-electron chi connectivity index (χ4n) is 4.26. The lowest BCUT2D eigenvalue weighted by Crippen LogP contribution is -2.06. The number of aryl methyl sites for hydroxylation is 1. The summed E-state index contributed by atoms with van der Waals surface area (Å²) in [5.41, 5.74) is 4.50. The summed E-state index contributed by atoms with van der Waals surface area (Å²) >= 11 is 1.34. The van der Waals surface area contributed by atoms with Gasteiger partial charge in [-0.15, -0.1) is 11.3 Å². The first-order valence-electron chi connectivity index (χ1n) is 9.74. The zero-order chi connectivity index (χ0) is 19.8. The van der Waals surface area contributed by atoms with Gasteiger partial charge in [0.15, 0.2) is 0 Å². The first-order chi connectivity index (χ1) is 13.5. The van der Waals surface area contributed by atoms with Crippen LogP contribution in [0.3, 0.4) is 0 Å². The Kier molecular flexibility index (Phi) is 4.94. The first-order valence-corrected chi connectivity index (χ1v) is 10.6. The lowest BCUT2D eigenvalue weighted by Gasteiger charge is -2.16. The van der Waals surface area contributed by atoms with Crippen molar-refractivity contribution in [2.75, 3.05) is 6.61 Å². The van der Waals surface area contributed by atoms with Gasteiger partial charge in [-0.3, -0.25) is 0 Å². The lowest BCUT2D eigenvalue weighted by atomic mass is 10.1. The van der Waals surface area contributed by atoms with Gasteiger partial charge in [0.25, 0.3) is 0 Å². The van der Waals surface area contributed by atoms with Crippen molar-refractivity contribution in [3.8, 4) is 16.6 Å². The first kappa shape index (κ1) is 18.7. The van der Waals surface area contributed by atoms with Crippen LogP contribution in [0.1, 0.15) is 65.3 Å². The average molecular weight is 394 g/mol. The SMILES string of the molecule is CCOC(=O)c1sc(-c2ccc3c(c2)c(C#N)c(C)n3C2CCCC2)nc1C. The van der Waals surface area contributed by atoms with E-state index in [2.05, 4.69) is 21.7 Å². The van der Waals surface area contributed by atoms with Crippen LogP contribution in [0.2, 0.25) is 0 Å². The minimum atomic E-state index is -0.328. The Morgan fingerprint density at radius 2 is 2.11 bits per heavy atom. The van der Waals surface area contributed by atoms with Crippen LogP contribution in [0.5, 0.6) is 0 Å². The van der Waals surface area contributed by atoms with Crippen LogP contribution >= 0.6 is 11.3 Å². The van der Waals surface area contributed by atoms with Crippen molar-refractivity contribution in [2.24, 2.45) is 0 Å². The molecule has 5 nitrogen and oxygen atoms in total. The van der Waals surface area contributed by atoms with Crippen LogP contribution in [0, 0.1) is 25.2 Å². The molecule has 0 aliphatic heterocycles. The number of ether oxygens (including phenoxy) is 1. The number of fused-ring (bicyclic) bond motifs is 1. The lowest BCUT2D eigenvalue weighted by molar-refractivity contribution is 0.0531. The monoisotopic (exact) mass is 393 g/mol. The van der Waals surface area contributed by atoms with Gasteiger partial charge in [0, 0.05) is 28.2 Å². The molecule has 1 saturated carbocycles. The van der Waals surface area contributed by atoms with Crippen LogP contribution in [-0.2, 0) is 4.74 Å². The van der Waals surface area contributed by atoms with E-state index >= 15 is 0 Å². The predicted molar refractivity (Wildman–Crippen MR) is 111 cm³/mol. The van der Waals surface area contributed by atoms with Crippen molar-refractivity contribution in [2.45, 2.75) is 52.5 Å². The number of thiazole rings is 1. The summed E-state index contributed by atoms with van der Waals surface area (Å²) < 4.78 is 7.47. The highest BCUT2D eigenvalue weighted by Gasteiger charge is 2.24. The van der Waals surface area contributed by atoms with E-state index in [0.717, 1.165) is 32.7 Å². The second-order valence-electron chi connectivity index (χ2n) is 7.27. The molecule has 4 rings (SSSR count). The fourth-order valence-corrected chi connectivity index (χ4v) is 5.21. The Morgan fingerprint density at radius 1 is 1.36 bits per heavy atom. The van der Waals surface area contributed by atoms with Crippen LogP contribution in [0.4, 0.5) is 0 Å². The van der Waals surface area contributed by atoms with Crippen molar-refractivity contribution in [1.29, 1.82) is 5.26 Å². The number of nitrogens with zero attached hydrogens (tertiary/aromatic N) is 3. The number of esters is 1. The van der Waals surface area contributed by atoms with Crippen LogP contribution < -0.4 is 0 Å². The number of hydrogen-bond acceptors (Lipinski definition) is 5. The number of rotatable bonds is 4. The molecular weight excluding hydrogens is 370 g/mol. The summed E-state index contributed by atoms with van der Waals surface area (Å²) in [5, 5.41) is 11.5. The van der Waals surface area contributed by atoms with Gasteiger partial charge in [-0.2, -0.15) is 5.26 Å². The number of aromatic nitrogens is 2. The van der Waals surface area contributed by atoms with Gasteiger partial charge >= 0.3 is 5.97 Å². The highest BCUT2D eigenvalue weighted by Crippen LogP contribution is 2.38. The Hall–Kier alpha value is -2.65. The van der Waals surface area contributed by atoms with E-state index in [4.69, 9.17) is 4.74 Å².